The van der Waals surface area contributed by atoms with Gasteiger partial charge in [0.1, 0.15) is 5.82 Å². The highest BCUT2D eigenvalue weighted by Gasteiger charge is 2.22. The normalized spacial score (nSPS) is 12.8. The van der Waals surface area contributed by atoms with E-state index in [0.29, 0.717) is 11.3 Å². The summed E-state index contributed by atoms with van der Waals surface area (Å²) in [4.78, 5) is 23.8. The van der Waals surface area contributed by atoms with E-state index in [2.05, 4.69) is 15.7 Å². The van der Waals surface area contributed by atoms with Crippen molar-refractivity contribution in [3.63, 3.8) is 0 Å². The Kier molecular flexibility index (Phi) is 3.90. The lowest BCUT2D eigenvalue weighted by Gasteiger charge is -2.11. The number of fused-ring (bicyclic) bond motifs is 1. The fourth-order valence-corrected chi connectivity index (χ4v) is 2.94. The van der Waals surface area contributed by atoms with Crippen LogP contribution in [0.15, 0.2) is 18.2 Å². The number of hydrogen-bond donors (Lipinski definition) is 2. The number of amides is 2. The minimum Gasteiger partial charge on any atom is -0.326 e. The van der Waals surface area contributed by atoms with Gasteiger partial charge in [0.05, 0.1) is 5.69 Å². The molecule has 3 rings (SSSR count). The molecular formula is C17H20N4O2. The van der Waals surface area contributed by atoms with Gasteiger partial charge in [-0.05, 0) is 43.9 Å². The zero-order valence-corrected chi connectivity index (χ0v) is 13.6. The summed E-state index contributed by atoms with van der Waals surface area (Å²) < 4.78 is 1.73. The number of hydrogen-bond acceptors (Lipinski definition) is 3. The van der Waals surface area contributed by atoms with E-state index < -0.39 is 0 Å². The monoisotopic (exact) mass is 312 g/mol. The van der Waals surface area contributed by atoms with Gasteiger partial charge in [-0.3, -0.25) is 14.3 Å². The lowest BCUT2D eigenvalue weighted by Crippen LogP contribution is -2.16. The van der Waals surface area contributed by atoms with E-state index in [1.165, 1.54) is 6.92 Å². The maximum absolute atomic E-state index is 12.5. The molecular weight excluding hydrogens is 292 g/mol. The van der Waals surface area contributed by atoms with Crippen molar-refractivity contribution in [2.45, 2.75) is 33.1 Å². The summed E-state index contributed by atoms with van der Waals surface area (Å²) in [5, 5.41) is 10.2. The Balaban J connectivity index is 1.85. The first-order valence-corrected chi connectivity index (χ1v) is 7.70. The van der Waals surface area contributed by atoms with E-state index in [1.807, 2.05) is 20.0 Å². The molecule has 0 spiro atoms. The molecule has 0 atom stereocenters. The van der Waals surface area contributed by atoms with Crippen LogP contribution in [0.25, 0.3) is 0 Å². The zero-order valence-electron chi connectivity index (χ0n) is 13.6. The summed E-state index contributed by atoms with van der Waals surface area (Å²) in [6.45, 7) is 3.34. The SMILES string of the molecule is CC(=O)Nc1cc(C(=O)Nc2c3c(nn2C)CCC3)ccc1C. The number of aromatic nitrogens is 2. The van der Waals surface area contributed by atoms with Crippen LogP contribution in [0.3, 0.4) is 0 Å². The molecule has 0 fully saturated rings. The van der Waals surface area contributed by atoms with Gasteiger partial charge >= 0.3 is 0 Å². The molecule has 0 saturated heterocycles. The van der Waals surface area contributed by atoms with Gasteiger partial charge in [-0.15, -0.1) is 0 Å². The molecule has 0 radical (unpaired) electrons. The van der Waals surface area contributed by atoms with Gasteiger partial charge in [0.25, 0.3) is 5.91 Å². The number of aryl methyl sites for hydroxylation is 3. The summed E-state index contributed by atoms with van der Waals surface area (Å²) in [6.07, 6.45) is 3.00. The van der Waals surface area contributed by atoms with Crippen molar-refractivity contribution in [1.82, 2.24) is 9.78 Å². The molecule has 2 amide bonds. The third-order valence-corrected chi connectivity index (χ3v) is 4.11. The highest BCUT2D eigenvalue weighted by Crippen LogP contribution is 2.28. The second-order valence-electron chi connectivity index (χ2n) is 5.92. The predicted octanol–water partition coefficient (Wildman–Crippen LogP) is 2.43. The first-order chi connectivity index (χ1) is 11.0. The quantitative estimate of drug-likeness (QED) is 0.914. The smallest absolute Gasteiger partial charge is 0.256 e. The summed E-state index contributed by atoms with van der Waals surface area (Å²) in [5.41, 5.74) is 4.28. The van der Waals surface area contributed by atoms with Crippen LogP contribution in [0.5, 0.6) is 0 Å². The molecule has 0 bridgehead atoms. The van der Waals surface area contributed by atoms with Gasteiger partial charge in [-0.2, -0.15) is 5.10 Å². The van der Waals surface area contributed by atoms with Gasteiger partial charge < -0.3 is 10.6 Å². The van der Waals surface area contributed by atoms with Crippen LogP contribution < -0.4 is 10.6 Å². The van der Waals surface area contributed by atoms with E-state index in [0.717, 1.165) is 41.9 Å². The van der Waals surface area contributed by atoms with E-state index in [1.54, 1.807) is 16.8 Å². The van der Waals surface area contributed by atoms with Gasteiger partial charge in [0, 0.05) is 30.8 Å². The van der Waals surface area contributed by atoms with Crippen molar-refractivity contribution >= 4 is 23.3 Å². The van der Waals surface area contributed by atoms with Gasteiger partial charge in [0.15, 0.2) is 0 Å². The summed E-state index contributed by atoms with van der Waals surface area (Å²) in [6, 6.07) is 5.28. The Hall–Kier alpha value is -2.63. The Morgan fingerprint density at radius 2 is 2.00 bits per heavy atom. The summed E-state index contributed by atoms with van der Waals surface area (Å²) >= 11 is 0. The number of benzene rings is 1. The highest BCUT2D eigenvalue weighted by molar-refractivity contribution is 6.05. The molecule has 1 aliphatic rings. The highest BCUT2D eigenvalue weighted by atomic mass is 16.2. The number of anilines is 2. The van der Waals surface area contributed by atoms with Gasteiger partial charge in [-0.1, -0.05) is 6.07 Å². The number of carbonyl (C=O) groups is 2. The van der Waals surface area contributed by atoms with E-state index in [9.17, 15) is 9.59 Å². The molecule has 0 unspecified atom stereocenters. The molecule has 2 N–H and O–H groups in total. The average Bonchev–Trinajstić information content (AvgIpc) is 3.04. The van der Waals surface area contributed by atoms with Crippen LogP contribution in [0.4, 0.5) is 11.5 Å². The number of nitrogens with zero attached hydrogens (tertiary/aromatic N) is 2. The van der Waals surface area contributed by atoms with Crippen molar-refractivity contribution in [3.8, 4) is 0 Å². The zero-order chi connectivity index (χ0) is 16.6. The standard InChI is InChI=1S/C17H20N4O2/c1-10-7-8-12(9-15(10)18-11(2)22)17(23)19-16-13-5-4-6-14(13)20-21(16)3/h7-9H,4-6H2,1-3H3,(H,18,22)(H,19,23). The molecule has 1 aromatic heterocycles. The first-order valence-electron chi connectivity index (χ1n) is 7.70. The topological polar surface area (TPSA) is 76.0 Å². The van der Waals surface area contributed by atoms with Crippen LogP contribution >= 0.6 is 0 Å². The number of rotatable bonds is 3. The molecule has 23 heavy (non-hydrogen) atoms. The maximum Gasteiger partial charge on any atom is 0.256 e. The van der Waals surface area contributed by atoms with Crippen molar-refractivity contribution in [2.24, 2.45) is 7.05 Å². The van der Waals surface area contributed by atoms with Crippen molar-refractivity contribution in [3.05, 3.63) is 40.6 Å². The fraction of sp³-hybridized carbons (Fsp3) is 0.353. The number of nitrogens with one attached hydrogen (secondary N) is 2. The minimum atomic E-state index is -0.200. The van der Waals surface area contributed by atoms with Crippen LogP contribution in [-0.4, -0.2) is 21.6 Å². The van der Waals surface area contributed by atoms with Crippen molar-refractivity contribution in [2.75, 3.05) is 10.6 Å². The Bertz CT molecular complexity index is 792. The molecule has 0 aliphatic heterocycles. The molecule has 1 aliphatic carbocycles. The third kappa shape index (κ3) is 2.97. The molecule has 6 nitrogen and oxygen atoms in total. The van der Waals surface area contributed by atoms with Crippen LogP contribution in [0.2, 0.25) is 0 Å². The molecule has 1 aromatic carbocycles. The van der Waals surface area contributed by atoms with Crippen molar-refractivity contribution < 1.29 is 9.59 Å². The van der Waals surface area contributed by atoms with Crippen LogP contribution in [0, 0.1) is 6.92 Å². The fourth-order valence-electron chi connectivity index (χ4n) is 2.94. The Labute approximate surface area is 134 Å². The second-order valence-corrected chi connectivity index (χ2v) is 5.92. The van der Waals surface area contributed by atoms with E-state index >= 15 is 0 Å². The molecule has 120 valence electrons. The third-order valence-electron chi connectivity index (χ3n) is 4.11. The first kappa shape index (κ1) is 15.3. The molecule has 6 heteroatoms. The maximum atomic E-state index is 12.5. The van der Waals surface area contributed by atoms with Crippen molar-refractivity contribution in [1.29, 1.82) is 0 Å². The van der Waals surface area contributed by atoms with Gasteiger partial charge in [-0.25, -0.2) is 0 Å². The Morgan fingerprint density at radius 3 is 2.74 bits per heavy atom. The van der Waals surface area contributed by atoms with Crippen LogP contribution in [-0.2, 0) is 24.7 Å². The van der Waals surface area contributed by atoms with Crippen LogP contribution in [0.1, 0.15) is 40.5 Å². The number of carbonyl (C=O) groups excluding carboxylic acids is 2. The minimum absolute atomic E-state index is 0.157. The predicted molar refractivity (Wildman–Crippen MR) is 88.7 cm³/mol. The molecule has 0 saturated carbocycles. The second kappa shape index (κ2) is 5.87. The lowest BCUT2D eigenvalue weighted by atomic mass is 10.1. The van der Waals surface area contributed by atoms with E-state index in [4.69, 9.17) is 0 Å². The average molecular weight is 312 g/mol. The molecule has 2 aromatic rings. The summed E-state index contributed by atoms with van der Waals surface area (Å²) in [5.74, 6) is 0.411. The van der Waals surface area contributed by atoms with E-state index in [-0.39, 0.29) is 11.8 Å². The Morgan fingerprint density at radius 1 is 1.22 bits per heavy atom. The lowest BCUT2D eigenvalue weighted by molar-refractivity contribution is -0.114. The largest absolute Gasteiger partial charge is 0.326 e. The molecule has 1 heterocycles. The summed E-state index contributed by atoms with van der Waals surface area (Å²) in [7, 11) is 1.84. The van der Waals surface area contributed by atoms with Gasteiger partial charge in [0.2, 0.25) is 5.91 Å².